The van der Waals surface area contributed by atoms with Crippen LogP contribution in [0.15, 0.2) is 0 Å². The van der Waals surface area contributed by atoms with Crippen LogP contribution in [0.3, 0.4) is 0 Å². The summed E-state index contributed by atoms with van der Waals surface area (Å²) in [6, 6.07) is 0.0522. The van der Waals surface area contributed by atoms with E-state index in [1.807, 2.05) is 18.7 Å². The van der Waals surface area contributed by atoms with Crippen LogP contribution in [0.4, 0.5) is 0 Å². The first-order valence-corrected chi connectivity index (χ1v) is 15.1. The summed E-state index contributed by atoms with van der Waals surface area (Å²) in [7, 11) is -4.64. The van der Waals surface area contributed by atoms with E-state index in [2.05, 4.69) is 12.2 Å². The SMILES string of the molecule is CCCCCCCCCCCCCCCCSCC(CO)C(C)NC(C)=O.O=P(O)(O)O. The number of rotatable bonds is 20. The van der Waals surface area contributed by atoms with Crippen LogP contribution < -0.4 is 5.32 Å². The minimum atomic E-state index is -4.64. The number of nitrogens with one attached hydrogen (secondary N) is 1. The highest BCUT2D eigenvalue weighted by Crippen LogP contribution is 2.25. The summed E-state index contributed by atoms with van der Waals surface area (Å²) >= 11 is 1.91. The van der Waals surface area contributed by atoms with Gasteiger partial charge in [-0.25, -0.2) is 4.57 Å². The van der Waals surface area contributed by atoms with Crippen molar-refractivity contribution < 1.29 is 29.1 Å². The Labute approximate surface area is 200 Å². The molecule has 0 bridgehead atoms. The highest BCUT2D eigenvalue weighted by molar-refractivity contribution is 7.99. The van der Waals surface area contributed by atoms with E-state index in [1.165, 1.54) is 103 Å². The fourth-order valence-electron chi connectivity index (χ4n) is 3.43. The van der Waals surface area contributed by atoms with Crippen molar-refractivity contribution in [3.63, 3.8) is 0 Å². The molecule has 32 heavy (non-hydrogen) atoms. The Balaban J connectivity index is 0. The highest BCUT2D eigenvalue weighted by Gasteiger charge is 2.16. The number of carbonyl (C=O) groups excluding carboxylic acids is 1. The summed E-state index contributed by atoms with van der Waals surface area (Å²) in [6.45, 7) is 5.94. The highest BCUT2D eigenvalue weighted by atomic mass is 32.2. The lowest BCUT2D eigenvalue weighted by Crippen LogP contribution is -2.39. The van der Waals surface area contributed by atoms with E-state index in [9.17, 15) is 9.90 Å². The second-order valence-corrected chi connectivity index (χ2v) is 10.8. The van der Waals surface area contributed by atoms with E-state index in [1.54, 1.807) is 0 Å². The largest absolute Gasteiger partial charge is 0.466 e. The summed E-state index contributed by atoms with van der Waals surface area (Å²) in [5.41, 5.74) is 0. The number of aliphatic hydroxyl groups excluding tert-OH is 1. The molecule has 0 aromatic carbocycles. The summed E-state index contributed by atoms with van der Waals surface area (Å²) < 4.78 is 8.88. The van der Waals surface area contributed by atoms with Crippen LogP contribution in [-0.2, 0) is 9.36 Å². The van der Waals surface area contributed by atoms with E-state index in [0.717, 1.165) is 5.75 Å². The summed E-state index contributed by atoms with van der Waals surface area (Å²) in [4.78, 5) is 32.7. The number of carbonyl (C=O) groups is 1. The third-order valence-corrected chi connectivity index (χ3v) is 6.59. The molecule has 1 amide bonds. The van der Waals surface area contributed by atoms with Gasteiger partial charge in [-0.2, -0.15) is 11.8 Å². The van der Waals surface area contributed by atoms with Crippen LogP contribution in [-0.4, -0.2) is 49.8 Å². The molecule has 9 heteroatoms. The average Bonchev–Trinajstić information content (AvgIpc) is 2.68. The van der Waals surface area contributed by atoms with E-state index >= 15 is 0 Å². The van der Waals surface area contributed by atoms with Crippen LogP contribution >= 0.6 is 19.6 Å². The third-order valence-electron chi connectivity index (χ3n) is 5.35. The Morgan fingerprint density at radius 1 is 0.844 bits per heavy atom. The van der Waals surface area contributed by atoms with Crippen LogP contribution in [0.2, 0.25) is 0 Å². The Morgan fingerprint density at radius 3 is 1.56 bits per heavy atom. The van der Waals surface area contributed by atoms with E-state index < -0.39 is 7.82 Å². The molecule has 0 aromatic rings. The van der Waals surface area contributed by atoms with Crippen LogP contribution in [0, 0.1) is 5.92 Å². The second-order valence-electron chi connectivity index (χ2n) is 8.62. The molecule has 0 aliphatic heterocycles. The van der Waals surface area contributed by atoms with Crippen LogP contribution in [0.5, 0.6) is 0 Å². The lowest BCUT2D eigenvalue weighted by molar-refractivity contribution is -0.119. The van der Waals surface area contributed by atoms with Gasteiger partial charge in [0.15, 0.2) is 0 Å². The normalized spacial score (nSPS) is 13.2. The second kappa shape index (κ2) is 24.0. The first-order chi connectivity index (χ1) is 15.1. The lowest BCUT2D eigenvalue weighted by Gasteiger charge is -2.22. The molecule has 0 aromatic heterocycles. The smallest absolute Gasteiger partial charge is 0.396 e. The summed E-state index contributed by atoms with van der Waals surface area (Å²) in [5, 5.41) is 12.4. The Morgan fingerprint density at radius 2 is 1.22 bits per heavy atom. The van der Waals surface area contributed by atoms with Gasteiger partial charge in [0, 0.05) is 31.2 Å². The summed E-state index contributed by atoms with van der Waals surface area (Å²) in [5.74, 6) is 2.24. The van der Waals surface area contributed by atoms with E-state index in [4.69, 9.17) is 19.2 Å². The molecule has 0 aliphatic rings. The predicted octanol–water partition coefficient (Wildman–Crippen LogP) is 5.41. The number of unbranched alkanes of at least 4 members (excludes halogenated alkanes) is 13. The van der Waals surface area contributed by atoms with Crippen molar-refractivity contribution in [2.24, 2.45) is 5.92 Å². The third kappa shape index (κ3) is 32.1. The van der Waals surface area contributed by atoms with Gasteiger partial charge in [0.2, 0.25) is 5.91 Å². The Bertz CT molecular complexity index is 456. The van der Waals surface area contributed by atoms with Gasteiger partial charge in [0.1, 0.15) is 0 Å². The fourth-order valence-corrected chi connectivity index (χ4v) is 4.70. The quantitative estimate of drug-likeness (QED) is 0.112. The maximum Gasteiger partial charge on any atom is 0.466 e. The number of phosphoric acid groups is 1. The van der Waals surface area contributed by atoms with Gasteiger partial charge in [-0.15, -0.1) is 0 Å². The first kappa shape index (κ1) is 34.1. The minimum absolute atomic E-state index is 0.0158. The van der Waals surface area contributed by atoms with Crippen molar-refractivity contribution in [2.75, 3.05) is 18.1 Å². The molecule has 5 N–H and O–H groups in total. The van der Waals surface area contributed by atoms with Crippen molar-refractivity contribution >= 4 is 25.5 Å². The molecule has 0 radical (unpaired) electrons. The van der Waals surface area contributed by atoms with Crippen LogP contribution in [0.1, 0.15) is 111 Å². The van der Waals surface area contributed by atoms with Crippen molar-refractivity contribution in [1.82, 2.24) is 5.32 Å². The summed E-state index contributed by atoms with van der Waals surface area (Å²) in [6.07, 6.45) is 19.6. The standard InChI is InChI=1S/C23H47NO2S.H3O4P/c1-4-5-6-7-8-9-10-11-12-13-14-15-16-17-18-27-20-23(19-25)21(2)24-22(3)26;1-5(2,3)4/h21,23,25H,4-20H2,1-3H3,(H,24,26);(H3,1,2,3,4). The molecule has 0 saturated carbocycles. The van der Waals surface area contributed by atoms with Crippen molar-refractivity contribution in [3.8, 4) is 0 Å². The molecule has 0 aliphatic carbocycles. The predicted molar refractivity (Wildman–Crippen MR) is 136 cm³/mol. The van der Waals surface area contributed by atoms with Gasteiger partial charge in [0.05, 0.1) is 0 Å². The molecule has 194 valence electrons. The Kier molecular flexibility index (Phi) is 25.6. The number of amides is 1. The molecule has 0 spiro atoms. The van der Waals surface area contributed by atoms with Crippen molar-refractivity contribution in [1.29, 1.82) is 0 Å². The zero-order valence-corrected chi connectivity index (χ0v) is 22.3. The lowest BCUT2D eigenvalue weighted by atomic mass is 10.0. The van der Waals surface area contributed by atoms with Crippen molar-refractivity contribution in [3.05, 3.63) is 0 Å². The van der Waals surface area contributed by atoms with Gasteiger partial charge in [-0.05, 0) is 19.1 Å². The maximum atomic E-state index is 11.1. The molecule has 0 fully saturated rings. The number of aliphatic hydroxyl groups is 1. The van der Waals surface area contributed by atoms with Gasteiger partial charge in [0.25, 0.3) is 0 Å². The topological polar surface area (TPSA) is 127 Å². The molecule has 0 saturated heterocycles. The number of hydrogen-bond donors (Lipinski definition) is 5. The van der Waals surface area contributed by atoms with E-state index in [-0.39, 0.29) is 24.5 Å². The number of hydrogen-bond acceptors (Lipinski definition) is 4. The van der Waals surface area contributed by atoms with Gasteiger partial charge in [-0.3, -0.25) is 4.79 Å². The zero-order valence-electron chi connectivity index (χ0n) is 20.6. The average molecular weight is 500 g/mol. The van der Waals surface area contributed by atoms with E-state index in [0.29, 0.717) is 0 Å². The fraction of sp³-hybridized carbons (Fsp3) is 0.957. The zero-order chi connectivity index (χ0) is 24.7. The van der Waals surface area contributed by atoms with Gasteiger partial charge < -0.3 is 25.1 Å². The minimum Gasteiger partial charge on any atom is -0.396 e. The molecular formula is C23H50NO6PS. The van der Waals surface area contributed by atoms with Gasteiger partial charge >= 0.3 is 7.82 Å². The molecule has 0 rings (SSSR count). The molecular weight excluding hydrogens is 449 g/mol. The van der Waals surface area contributed by atoms with Crippen LogP contribution in [0.25, 0.3) is 0 Å². The number of thioether (sulfide) groups is 1. The maximum absolute atomic E-state index is 11.1. The molecule has 2 unspecified atom stereocenters. The first-order valence-electron chi connectivity index (χ1n) is 12.4. The monoisotopic (exact) mass is 499 g/mol. The molecule has 0 heterocycles. The molecule has 7 nitrogen and oxygen atoms in total. The Hall–Kier alpha value is -0.110. The van der Waals surface area contributed by atoms with Crippen molar-refractivity contribution in [2.45, 2.75) is 117 Å². The van der Waals surface area contributed by atoms with Gasteiger partial charge in [-0.1, -0.05) is 90.4 Å². The molecule has 2 atom stereocenters.